The molecule has 0 saturated carbocycles. The van der Waals surface area contributed by atoms with Gasteiger partial charge in [-0.05, 0) is 12.1 Å². The fourth-order valence-corrected chi connectivity index (χ4v) is 3.36. The number of anilines is 1. The van der Waals surface area contributed by atoms with E-state index in [0.29, 0.717) is 0 Å². The van der Waals surface area contributed by atoms with Gasteiger partial charge in [0.15, 0.2) is 5.13 Å². The predicted octanol–water partition coefficient (Wildman–Crippen LogP) is 2.28. The number of aliphatic hydroxyl groups is 1. The van der Waals surface area contributed by atoms with Crippen LogP contribution in [0, 0.1) is 11.6 Å². The van der Waals surface area contributed by atoms with Crippen molar-refractivity contribution in [2.75, 3.05) is 37.6 Å². The van der Waals surface area contributed by atoms with Crippen molar-refractivity contribution in [3.8, 4) is 0 Å². The van der Waals surface area contributed by atoms with Crippen molar-refractivity contribution in [3.05, 3.63) is 47.0 Å². The first-order chi connectivity index (χ1) is 10.6. The number of halogens is 2. The van der Waals surface area contributed by atoms with E-state index >= 15 is 0 Å². The van der Waals surface area contributed by atoms with Crippen molar-refractivity contribution in [2.24, 2.45) is 0 Å². The SMILES string of the molecule is O[C@H](CN1CCN(c2nccs2)CC1)c1c(F)cccc1F. The first-order valence-corrected chi connectivity index (χ1v) is 8.02. The fourth-order valence-electron chi connectivity index (χ4n) is 2.66. The number of aromatic nitrogens is 1. The van der Waals surface area contributed by atoms with Gasteiger partial charge in [0.25, 0.3) is 0 Å². The molecule has 3 rings (SSSR count). The average Bonchev–Trinajstić information content (AvgIpc) is 3.02. The van der Waals surface area contributed by atoms with Gasteiger partial charge in [-0.25, -0.2) is 13.8 Å². The molecule has 0 spiro atoms. The summed E-state index contributed by atoms with van der Waals surface area (Å²) < 4.78 is 27.3. The summed E-state index contributed by atoms with van der Waals surface area (Å²) in [6, 6.07) is 3.64. The Morgan fingerprint density at radius 3 is 2.45 bits per heavy atom. The van der Waals surface area contributed by atoms with Crippen LogP contribution in [-0.4, -0.2) is 47.7 Å². The topological polar surface area (TPSA) is 39.6 Å². The van der Waals surface area contributed by atoms with Crippen LogP contribution < -0.4 is 4.90 Å². The number of β-amino-alcohol motifs (C(OH)–C–C–N with tert-alkyl or cyclic N) is 1. The maximum Gasteiger partial charge on any atom is 0.185 e. The number of nitrogens with zero attached hydrogens (tertiary/aromatic N) is 3. The number of thiazole rings is 1. The lowest BCUT2D eigenvalue weighted by molar-refractivity contribution is 0.103. The first-order valence-electron chi connectivity index (χ1n) is 7.14. The van der Waals surface area contributed by atoms with Crippen LogP contribution in [0.1, 0.15) is 11.7 Å². The molecule has 22 heavy (non-hydrogen) atoms. The van der Waals surface area contributed by atoms with Crippen LogP contribution in [0.25, 0.3) is 0 Å². The normalized spacial score (nSPS) is 17.7. The molecule has 0 aliphatic carbocycles. The van der Waals surface area contributed by atoms with Gasteiger partial charge in [-0.3, -0.25) is 4.90 Å². The molecule has 0 amide bonds. The minimum atomic E-state index is -1.16. The molecule has 2 heterocycles. The molecule has 0 bridgehead atoms. The van der Waals surface area contributed by atoms with Crippen LogP contribution in [0.4, 0.5) is 13.9 Å². The Balaban J connectivity index is 1.58. The largest absolute Gasteiger partial charge is 0.387 e. The van der Waals surface area contributed by atoms with Crippen LogP contribution in [0.5, 0.6) is 0 Å². The molecule has 4 nitrogen and oxygen atoms in total. The molecule has 1 aliphatic rings. The molecule has 1 aromatic carbocycles. The van der Waals surface area contributed by atoms with E-state index in [0.717, 1.165) is 31.3 Å². The Morgan fingerprint density at radius 2 is 1.86 bits per heavy atom. The lowest BCUT2D eigenvalue weighted by Gasteiger charge is -2.35. The molecule has 7 heteroatoms. The molecule has 118 valence electrons. The van der Waals surface area contributed by atoms with Crippen molar-refractivity contribution < 1.29 is 13.9 Å². The Kier molecular flexibility index (Phi) is 4.66. The summed E-state index contributed by atoms with van der Waals surface area (Å²) in [4.78, 5) is 8.47. The number of benzene rings is 1. The van der Waals surface area contributed by atoms with E-state index in [1.54, 1.807) is 17.5 Å². The quantitative estimate of drug-likeness (QED) is 0.936. The Hall–Kier alpha value is -1.57. The number of rotatable bonds is 4. The fraction of sp³-hybridized carbons (Fsp3) is 0.400. The average molecular weight is 325 g/mol. The predicted molar refractivity (Wildman–Crippen MR) is 82.1 cm³/mol. The molecule has 1 aromatic heterocycles. The third-order valence-corrected chi connectivity index (χ3v) is 4.66. The van der Waals surface area contributed by atoms with Crippen LogP contribution in [-0.2, 0) is 0 Å². The van der Waals surface area contributed by atoms with Gasteiger partial charge in [0.1, 0.15) is 11.6 Å². The second kappa shape index (κ2) is 6.68. The van der Waals surface area contributed by atoms with Gasteiger partial charge in [0, 0.05) is 44.3 Å². The Bertz CT molecular complexity index is 595. The second-order valence-corrected chi connectivity index (χ2v) is 6.13. The third-order valence-electron chi connectivity index (χ3n) is 3.83. The summed E-state index contributed by atoms with van der Waals surface area (Å²) in [6.45, 7) is 3.27. The molecule has 1 aliphatic heterocycles. The molecule has 0 unspecified atom stereocenters. The highest BCUT2D eigenvalue weighted by atomic mass is 32.1. The first kappa shape index (κ1) is 15.3. The maximum atomic E-state index is 13.7. The molecule has 1 saturated heterocycles. The monoisotopic (exact) mass is 325 g/mol. The summed E-state index contributed by atoms with van der Waals surface area (Å²) in [5.74, 6) is -1.40. The van der Waals surface area contributed by atoms with Gasteiger partial charge in [-0.1, -0.05) is 6.07 Å². The molecule has 0 radical (unpaired) electrons. The standard InChI is InChI=1S/C15H17F2N3OS/c16-11-2-1-3-12(17)14(11)13(21)10-19-5-7-20(8-6-19)15-18-4-9-22-15/h1-4,9,13,21H,5-8,10H2/t13-/m1/s1. The zero-order valence-corrected chi connectivity index (χ0v) is 12.8. The summed E-state index contributed by atoms with van der Waals surface area (Å²) in [6.07, 6.45) is 0.615. The Labute approximate surface area is 131 Å². The lowest BCUT2D eigenvalue weighted by atomic mass is 10.1. The van der Waals surface area contributed by atoms with Crippen molar-refractivity contribution in [3.63, 3.8) is 0 Å². The molecule has 1 N–H and O–H groups in total. The summed E-state index contributed by atoms with van der Waals surface area (Å²) in [5.41, 5.74) is -0.246. The van der Waals surface area contributed by atoms with Gasteiger partial charge in [0.05, 0.1) is 11.7 Å². The van der Waals surface area contributed by atoms with E-state index in [2.05, 4.69) is 9.88 Å². The molecule has 1 atom stereocenters. The summed E-state index contributed by atoms with van der Waals surface area (Å²) in [5, 5.41) is 13.1. The van der Waals surface area contributed by atoms with Gasteiger partial charge in [-0.2, -0.15) is 0 Å². The second-order valence-electron chi connectivity index (χ2n) is 5.25. The highest BCUT2D eigenvalue weighted by Gasteiger charge is 2.24. The zero-order valence-electron chi connectivity index (χ0n) is 12.0. The van der Waals surface area contributed by atoms with Gasteiger partial charge in [-0.15, -0.1) is 11.3 Å². The highest BCUT2D eigenvalue weighted by molar-refractivity contribution is 7.13. The molecular formula is C15H17F2N3OS. The summed E-state index contributed by atoms with van der Waals surface area (Å²) in [7, 11) is 0. The van der Waals surface area contributed by atoms with E-state index in [1.807, 2.05) is 10.3 Å². The van der Waals surface area contributed by atoms with Crippen LogP contribution in [0.3, 0.4) is 0 Å². The minimum Gasteiger partial charge on any atom is -0.387 e. The molecule has 2 aromatic rings. The van der Waals surface area contributed by atoms with Crippen molar-refractivity contribution in [1.29, 1.82) is 0 Å². The number of hydrogen-bond acceptors (Lipinski definition) is 5. The maximum absolute atomic E-state index is 13.7. The summed E-state index contributed by atoms with van der Waals surface area (Å²) >= 11 is 1.59. The van der Waals surface area contributed by atoms with E-state index < -0.39 is 17.7 Å². The number of aliphatic hydroxyl groups excluding tert-OH is 1. The van der Waals surface area contributed by atoms with Crippen LogP contribution >= 0.6 is 11.3 Å². The Morgan fingerprint density at radius 1 is 1.18 bits per heavy atom. The molecular weight excluding hydrogens is 308 g/mol. The van der Waals surface area contributed by atoms with Gasteiger partial charge < -0.3 is 10.0 Å². The third kappa shape index (κ3) is 3.26. The van der Waals surface area contributed by atoms with Crippen LogP contribution in [0.2, 0.25) is 0 Å². The van der Waals surface area contributed by atoms with Gasteiger partial charge >= 0.3 is 0 Å². The molecule has 1 fully saturated rings. The zero-order chi connectivity index (χ0) is 15.5. The van der Waals surface area contributed by atoms with Crippen molar-refractivity contribution >= 4 is 16.5 Å². The van der Waals surface area contributed by atoms with Gasteiger partial charge in [0.2, 0.25) is 0 Å². The smallest absolute Gasteiger partial charge is 0.185 e. The van der Waals surface area contributed by atoms with Crippen molar-refractivity contribution in [1.82, 2.24) is 9.88 Å². The van der Waals surface area contributed by atoms with E-state index in [-0.39, 0.29) is 12.1 Å². The number of piperazine rings is 1. The van der Waals surface area contributed by atoms with E-state index in [4.69, 9.17) is 0 Å². The highest BCUT2D eigenvalue weighted by Crippen LogP contribution is 2.23. The lowest BCUT2D eigenvalue weighted by Crippen LogP contribution is -2.47. The number of hydrogen-bond donors (Lipinski definition) is 1. The van der Waals surface area contributed by atoms with Crippen molar-refractivity contribution in [2.45, 2.75) is 6.10 Å². The van der Waals surface area contributed by atoms with E-state index in [9.17, 15) is 13.9 Å². The van der Waals surface area contributed by atoms with E-state index in [1.165, 1.54) is 18.2 Å². The minimum absolute atomic E-state index is 0.226. The van der Waals surface area contributed by atoms with Crippen LogP contribution in [0.15, 0.2) is 29.8 Å².